The number of aryl methyl sites for hydroxylation is 1. The van der Waals surface area contributed by atoms with E-state index in [-0.39, 0.29) is 19.1 Å². The summed E-state index contributed by atoms with van der Waals surface area (Å²) in [5.74, 6) is -0.311. The van der Waals surface area contributed by atoms with E-state index in [0.717, 1.165) is 5.56 Å². The van der Waals surface area contributed by atoms with E-state index in [4.69, 9.17) is 0 Å². The number of nitrogens with zero attached hydrogens (tertiary/aromatic N) is 3. The van der Waals surface area contributed by atoms with Gasteiger partial charge in [0.25, 0.3) is 5.91 Å². The molecule has 0 saturated carbocycles. The van der Waals surface area contributed by atoms with Crippen molar-refractivity contribution in [1.29, 1.82) is 0 Å². The number of amides is 1. The Bertz CT molecular complexity index is 893. The van der Waals surface area contributed by atoms with Gasteiger partial charge in [-0.05, 0) is 42.8 Å². The summed E-state index contributed by atoms with van der Waals surface area (Å²) in [5.41, 5.74) is 2.35. The minimum absolute atomic E-state index is 0.118. The standard InChI is InChI=1S/C18H17FN4O2/c1-12-9-14(19)4-5-15(12)18(25)21-17-10-16(22-23(17)7-8-24)13-3-2-6-20-11-13/h2-6,9-11,24H,7-8H2,1H3,(H,21,25). The average Bonchev–Trinajstić information content (AvgIpc) is 2.98. The van der Waals surface area contributed by atoms with Crippen LogP contribution in [0.15, 0.2) is 48.8 Å². The van der Waals surface area contributed by atoms with Crippen molar-refractivity contribution in [3.63, 3.8) is 0 Å². The maximum absolute atomic E-state index is 13.2. The summed E-state index contributed by atoms with van der Waals surface area (Å²) in [6.45, 7) is 1.79. The molecule has 0 radical (unpaired) electrons. The van der Waals surface area contributed by atoms with Crippen LogP contribution in [0.25, 0.3) is 11.3 Å². The van der Waals surface area contributed by atoms with Gasteiger partial charge < -0.3 is 10.4 Å². The van der Waals surface area contributed by atoms with Crippen molar-refractivity contribution >= 4 is 11.7 Å². The van der Waals surface area contributed by atoms with Gasteiger partial charge in [0.2, 0.25) is 0 Å². The highest BCUT2D eigenvalue weighted by Crippen LogP contribution is 2.22. The summed E-state index contributed by atoms with van der Waals surface area (Å²) in [5, 5.41) is 16.4. The van der Waals surface area contributed by atoms with Crippen LogP contribution in [0.5, 0.6) is 0 Å². The van der Waals surface area contributed by atoms with Crippen LogP contribution >= 0.6 is 0 Å². The molecule has 2 aromatic heterocycles. The van der Waals surface area contributed by atoms with Gasteiger partial charge in [0.15, 0.2) is 0 Å². The van der Waals surface area contributed by atoms with Crippen LogP contribution in [0.4, 0.5) is 10.2 Å². The van der Waals surface area contributed by atoms with E-state index >= 15 is 0 Å². The third-order valence-electron chi connectivity index (χ3n) is 3.72. The monoisotopic (exact) mass is 340 g/mol. The summed E-state index contributed by atoms with van der Waals surface area (Å²) in [7, 11) is 0. The molecule has 0 spiro atoms. The molecule has 0 unspecified atom stereocenters. The number of aliphatic hydroxyl groups excluding tert-OH is 1. The van der Waals surface area contributed by atoms with Crippen molar-refractivity contribution in [3.8, 4) is 11.3 Å². The van der Waals surface area contributed by atoms with Crippen LogP contribution in [-0.4, -0.2) is 32.4 Å². The number of carbonyl (C=O) groups is 1. The first-order valence-electron chi connectivity index (χ1n) is 7.75. The minimum Gasteiger partial charge on any atom is -0.394 e. The van der Waals surface area contributed by atoms with Gasteiger partial charge in [-0.15, -0.1) is 0 Å². The van der Waals surface area contributed by atoms with Crippen molar-refractivity contribution in [1.82, 2.24) is 14.8 Å². The highest BCUT2D eigenvalue weighted by atomic mass is 19.1. The minimum atomic E-state index is -0.391. The lowest BCUT2D eigenvalue weighted by molar-refractivity contribution is 0.102. The van der Waals surface area contributed by atoms with Gasteiger partial charge in [-0.3, -0.25) is 9.78 Å². The Morgan fingerprint density at radius 1 is 1.32 bits per heavy atom. The highest BCUT2D eigenvalue weighted by molar-refractivity contribution is 6.05. The average molecular weight is 340 g/mol. The second kappa shape index (κ2) is 7.23. The van der Waals surface area contributed by atoms with E-state index in [2.05, 4.69) is 15.4 Å². The first kappa shape index (κ1) is 16.8. The predicted octanol–water partition coefficient (Wildman–Crippen LogP) is 2.64. The topological polar surface area (TPSA) is 80.0 Å². The molecule has 128 valence electrons. The molecule has 2 heterocycles. The number of aliphatic hydroxyl groups is 1. The van der Waals surface area contributed by atoms with Gasteiger partial charge in [-0.2, -0.15) is 5.10 Å². The number of benzene rings is 1. The van der Waals surface area contributed by atoms with Crippen LogP contribution in [0.1, 0.15) is 15.9 Å². The molecular weight excluding hydrogens is 323 g/mol. The normalized spacial score (nSPS) is 10.7. The van der Waals surface area contributed by atoms with E-state index in [1.807, 2.05) is 6.07 Å². The summed E-state index contributed by atoms with van der Waals surface area (Å²) in [4.78, 5) is 16.6. The van der Waals surface area contributed by atoms with E-state index < -0.39 is 5.82 Å². The van der Waals surface area contributed by atoms with Crippen LogP contribution in [-0.2, 0) is 6.54 Å². The van der Waals surface area contributed by atoms with E-state index in [0.29, 0.717) is 22.6 Å². The fourth-order valence-corrected chi connectivity index (χ4v) is 2.50. The van der Waals surface area contributed by atoms with Crippen molar-refractivity contribution in [2.45, 2.75) is 13.5 Å². The maximum atomic E-state index is 13.2. The molecule has 0 atom stereocenters. The molecule has 2 N–H and O–H groups in total. The maximum Gasteiger partial charge on any atom is 0.257 e. The fraction of sp³-hybridized carbons (Fsp3) is 0.167. The Balaban J connectivity index is 1.90. The predicted molar refractivity (Wildman–Crippen MR) is 91.6 cm³/mol. The zero-order valence-electron chi connectivity index (χ0n) is 13.6. The van der Waals surface area contributed by atoms with Gasteiger partial charge >= 0.3 is 0 Å². The quantitative estimate of drug-likeness (QED) is 0.748. The van der Waals surface area contributed by atoms with Gasteiger partial charge in [0, 0.05) is 29.6 Å². The largest absolute Gasteiger partial charge is 0.394 e. The Morgan fingerprint density at radius 3 is 2.84 bits per heavy atom. The van der Waals surface area contributed by atoms with E-state index in [1.54, 1.807) is 31.5 Å². The van der Waals surface area contributed by atoms with Gasteiger partial charge in [-0.25, -0.2) is 9.07 Å². The molecule has 7 heteroatoms. The summed E-state index contributed by atoms with van der Waals surface area (Å²) in [6.07, 6.45) is 3.33. The molecule has 1 aromatic carbocycles. The Kier molecular flexibility index (Phi) is 4.85. The van der Waals surface area contributed by atoms with E-state index in [1.165, 1.54) is 22.9 Å². The Labute approximate surface area is 144 Å². The number of rotatable bonds is 5. The second-order valence-corrected chi connectivity index (χ2v) is 5.52. The third kappa shape index (κ3) is 3.72. The highest BCUT2D eigenvalue weighted by Gasteiger charge is 2.15. The molecular formula is C18H17FN4O2. The fourth-order valence-electron chi connectivity index (χ4n) is 2.50. The Hall–Kier alpha value is -3.06. The van der Waals surface area contributed by atoms with Crippen LogP contribution < -0.4 is 5.32 Å². The van der Waals surface area contributed by atoms with Crippen LogP contribution in [0.3, 0.4) is 0 Å². The van der Waals surface area contributed by atoms with Crippen molar-refractivity contribution in [2.24, 2.45) is 0 Å². The first-order valence-corrected chi connectivity index (χ1v) is 7.75. The molecule has 0 aliphatic rings. The lowest BCUT2D eigenvalue weighted by Gasteiger charge is -2.09. The SMILES string of the molecule is Cc1cc(F)ccc1C(=O)Nc1cc(-c2cccnc2)nn1CCO. The summed E-state index contributed by atoms with van der Waals surface area (Å²) < 4.78 is 14.7. The molecule has 3 rings (SSSR count). The summed E-state index contributed by atoms with van der Waals surface area (Å²) in [6, 6.07) is 9.35. The smallest absolute Gasteiger partial charge is 0.257 e. The zero-order valence-corrected chi connectivity index (χ0v) is 13.6. The molecule has 25 heavy (non-hydrogen) atoms. The van der Waals surface area contributed by atoms with E-state index in [9.17, 15) is 14.3 Å². The number of carbonyl (C=O) groups excluding carboxylic acids is 1. The molecule has 0 bridgehead atoms. The molecule has 0 fully saturated rings. The second-order valence-electron chi connectivity index (χ2n) is 5.52. The van der Waals surface area contributed by atoms with Crippen LogP contribution in [0, 0.1) is 12.7 Å². The van der Waals surface area contributed by atoms with Crippen molar-refractivity contribution < 1.29 is 14.3 Å². The molecule has 0 saturated heterocycles. The van der Waals surface area contributed by atoms with Gasteiger partial charge in [-0.1, -0.05) is 0 Å². The summed E-state index contributed by atoms with van der Waals surface area (Å²) >= 11 is 0. The number of hydrogen-bond donors (Lipinski definition) is 2. The number of nitrogens with one attached hydrogen (secondary N) is 1. The lowest BCUT2D eigenvalue weighted by Crippen LogP contribution is -2.17. The third-order valence-corrected chi connectivity index (χ3v) is 3.72. The number of aromatic nitrogens is 3. The molecule has 6 nitrogen and oxygen atoms in total. The first-order chi connectivity index (χ1) is 12.1. The number of pyridine rings is 1. The van der Waals surface area contributed by atoms with Crippen LogP contribution in [0.2, 0.25) is 0 Å². The molecule has 0 aliphatic heterocycles. The number of anilines is 1. The van der Waals surface area contributed by atoms with Crippen molar-refractivity contribution in [3.05, 3.63) is 65.7 Å². The number of hydrogen-bond acceptors (Lipinski definition) is 4. The molecule has 0 aliphatic carbocycles. The van der Waals surface area contributed by atoms with Crippen molar-refractivity contribution in [2.75, 3.05) is 11.9 Å². The zero-order chi connectivity index (χ0) is 17.8. The molecule has 3 aromatic rings. The van der Waals surface area contributed by atoms with Gasteiger partial charge in [0.05, 0.1) is 18.8 Å². The lowest BCUT2D eigenvalue weighted by atomic mass is 10.1. The Morgan fingerprint density at radius 2 is 2.16 bits per heavy atom. The van der Waals surface area contributed by atoms with Gasteiger partial charge in [0.1, 0.15) is 11.6 Å². The molecule has 1 amide bonds. The number of halogens is 1.